The fourth-order valence-electron chi connectivity index (χ4n) is 2.84. The van der Waals surface area contributed by atoms with Gasteiger partial charge in [-0.1, -0.05) is 48.5 Å². The number of nitrogens with one attached hydrogen (secondary N) is 2. The zero-order valence-electron chi connectivity index (χ0n) is 17.2. The molecule has 0 aliphatic carbocycles. The molecule has 0 saturated carbocycles. The summed E-state index contributed by atoms with van der Waals surface area (Å²) in [5, 5.41) is 5.58. The number of benzene rings is 3. The molecule has 6 heteroatoms. The van der Waals surface area contributed by atoms with E-state index in [1.807, 2.05) is 24.3 Å². The first kappa shape index (κ1) is 22.6. The maximum absolute atomic E-state index is 12.9. The van der Waals surface area contributed by atoms with Crippen molar-refractivity contribution in [1.29, 1.82) is 0 Å². The van der Waals surface area contributed by atoms with Gasteiger partial charge >= 0.3 is 0 Å². The Morgan fingerprint density at radius 2 is 1.06 bits per heavy atom. The highest BCUT2D eigenvalue weighted by molar-refractivity contribution is 5.92. The number of carbonyl (C=O) groups excluding carboxylic acids is 2. The van der Waals surface area contributed by atoms with E-state index < -0.39 is 0 Å². The Bertz CT molecular complexity index is 1030. The Morgan fingerprint density at radius 3 is 1.47 bits per heavy atom. The van der Waals surface area contributed by atoms with Crippen LogP contribution in [0.2, 0.25) is 0 Å². The van der Waals surface area contributed by atoms with Crippen LogP contribution < -0.4 is 10.6 Å². The van der Waals surface area contributed by atoms with Crippen LogP contribution in [-0.2, 0) is 22.7 Å². The first-order valence-electron chi connectivity index (χ1n) is 9.99. The van der Waals surface area contributed by atoms with Crippen LogP contribution in [0.4, 0.5) is 8.78 Å². The minimum atomic E-state index is -0.327. The van der Waals surface area contributed by atoms with Gasteiger partial charge in [0, 0.05) is 25.2 Å². The number of amides is 2. The van der Waals surface area contributed by atoms with Crippen molar-refractivity contribution < 1.29 is 18.4 Å². The topological polar surface area (TPSA) is 58.2 Å². The molecule has 0 aromatic heterocycles. The summed E-state index contributed by atoms with van der Waals surface area (Å²) in [5.41, 5.74) is 3.24. The molecule has 3 aromatic carbocycles. The van der Waals surface area contributed by atoms with Gasteiger partial charge in [0.15, 0.2) is 0 Å². The number of hydrogen-bond donors (Lipinski definition) is 2. The first-order chi connectivity index (χ1) is 15.5. The zero-order chi connectivity index (χ0) is 22.8. The maximum atomic E-state index is 12.9. The van der Waals surface area contributed by atoms with Crippen LogP contribution in [-0.4, -0.2) is 11.8 Å². The lowest BCUT2D eigenvalue weighted by Crippen LogP contribution is -2.21. The molecule has 0 fully saturated rings. The molecule has 0 radical (unpaired) electrons. The second-order valence-corrected chi connectivity index (χ2v) is 7.03. The lowest BCUT2D eigenvalue weighted by Gasteiger charge is -2.07. The first-order valence-corrected chi connectivity index (χ1v) is 9.99. The van der Waals surface area contributed by atoms with Crippen LogP contribution >= 0.6 is 0 Å². The molecule has 0 aliphatic rings. The molecule has 0 aliphatic heterocycles. The fraction of sp³-hybridized carbons (Fsp3) is 0.0769. The van der Waals surface area contributed by atoms with Gasteiger partial charge in [-0.05, 0) is 58.7 Å². The van der Waals surface area contributed by atoms with Crippen molar-refractivity contribution in [2.75, 3.05) is 0 Å². The van der Waals surface area contributed by atoms with Crippen LogP contribution in [0.3, 0.4) is 0 Å². The summed E-state index contributed by atoms with van der Waals surface area (Å²) in [7, 11) is 0. The number of hydrogen-bond acceptors (Lipinski definition) is 2. The van der Waals surface area contributed by atoms with Gasteiger partial charge < -0.3 is 10.6 Å². The maximum Gasteiger partial charge on any atom is 0.244 e. The van der Waals surface area contributed by atoms with Crippen LogP contribution in [0.15, 0.2) is 84.9 Å². The minimum absolute atomic E-state index is 0.265. The van der Waals surface area contributed by atoms with E-state index in [0.717, 1.165) is 22.3 Å². The highest BCUT2D eigenvalue weighted by Crippen LogP contribution is 2.07. The van der Waals surface area contributed by atoms with Crippen molar-refractivity contribution in [2.24, 2.45) is 0 Å². The Balaban J connectivity index is 1.46. The van der Waals surface area contributed by atoms with Crippen LogP contribution in [0.1, 0.15) is 22.3 Å². The molecular weight excluding hydrogens is 410 g/mol. The molecule has 3 aromatic rings. The highest BCUT2D eigenvalue weighted by Gasteiger charge is 2.01. The molecule has 0 saturated heterocycles. The van der Waals surface area contributed by atoms with E-state index in [1.54, 1.807) is 36.4 Å². The monoisotopic (exact) mass is 432 g/mol. The molecule has 3 rings (SSSR count). The van der Waals surface area contributed by atoms with Gasteiger partial charge in [0.1, 0.15) is 11.6 Å². The molecule has 0 spiro atoms. The average Bonchev–Trinajstić information content (AvgIpc) is 2.81. The summed E-state index contributed by atoms with van der Waals surface area (Å²) in [5.74, 6) is -1.18. The van der Waals surface area contributed by atoms with E-state index in [2.05, 4.69) is 10.6 Å². The summed E-state index contributed by atoms with van der Waals surface area (Å²) in [6, 6.07) is 19.2. The van der Waals surface area contributed by atoms with E-state index in [9.17, 15) is 18.4 Å². The van der Waals surface area contributed by atoms with E-state index in [0.29, 0.717) is 13.1 Å². The molecule has 162 valence electrons. The summed E-state index contributed by atoms with van der Waals surface area (Å²) in [6.07, 6.45) is 6.01. The van der Waals surface area contributed by atoms with Crippen molar-refractivity contribution >= 4 is 24.0 Å². The quantitative estimate of drug-likeness (QED) is 0.510. The number of rotatable bonds is 8. The van der Waals surface area contributed by atoms with Crippen LogP contribution in [0, 0.1) is 11.6 Å². The van der Waals surface area contributed by atoms with Gasteiger partial charge in [0.2, 0.25) is 11.8 Å². The normalized spacial score (nSPS) is 11.1. The lowest BCUT2D eigenvalue weighted by atomic mass is 10.1. The van der Waals surface area contributed by atoms with Gasteiger partial charge in [-0.15, -0.1) is 0 Å². The van der Waals surface area contributed by atoms with Crippen molar-refractivity contribution in [3.63, 3.8) is 0 Å². The molecule has 2 N–H and O–H groups in total. The summed E-state index contributed by atoms with van der Waals surface area (Å²) in [4.78, 5) is 24.0. The third-order valence-electron chi connectivity index (χ3n) is 4.52. The largest absolute Gasteiger partial charge is 0.348 e. The van der Waals surface area contributed by atoms with Gasteiger partial charge in [0.25, 0.3) is 0 Å². The molecule has 0 atom stereocenters. The number of carbonyl (C=O) groups is 2. The Labute approximate surface area is 185 Å². The molecule has 0 bridgehead atoms. The molecule has 4 nitrogen and oxygen atoms in total. The molecule has 2 amide bonds. The smallest absolute Gasteiger partial charge is 0.244 e. The second-order valence-electron chi connectivity index (χ2n) is 7.03. The van der Waals surface area contributed by atoms with Gasteiger partial charge in [-0.25, -0.2) is 8.78 Å². The van der Waals surface area contributed by atoms with Gasteiger partial charge in [-0.2, -0.15) is 0 Å². The summed E-state index contributed by atoms with van der Waals surface area (Å²) >= 11 is 0. The van der Waals surface area contributed by atoms with Crippen molar-refractivity contribution in [3.05, 3.63) is 119 Å². The van der Waals surface area contributed by atoms with Gasteiger partial charge in [0.05, 0.1) is 0 Å². The van der Waals surface area contributed by atoms with Crippen molar-refractivity contribution in [3.8, 4) is 0 Å². The van der Waals surface area contributed by atoms with E-state index in [4.69, 9.17) is 0 Å². The number of halogens is 2. The van der Waals surface area contributed by atoms with E-state index in [1.165, 1.54) is 36.4 Å². The highest BCUT2D eigenvalue weighted by atomic mass is 19.1. The lowest BCUT2D eigenvalue weighted by molar-refractivity contribution is -0.117. The minimum Gasteiger partial charge on any atom is -0.348 e. The predicted octanol–water partition coefficient (Wildman–Crippen LogP) is 4.62. The Kier molecular flexibility index (Phi) is 8.03. The van der Waals surface area contributed by atoms with E-state index >= 15 is 0 Å². The Hall–Kier alpha value is -4.06. The molecule has 0 unspecified atom stereocenters. The SMILES string of the molecule is O=C(/C=C\c1ccc(F)cc1)NCc1cccc(CNC(=O)/C=C\c2ccc(F)cc2)c1. The van der Waals surface area contributed by atoms with Crippen molar-refractivity contribution in [1.82, 2.24) is 10.6 Å². The fourth-order valence-corrected chi connectivity index (χ4v) is 2.84. The second kappa shape index (κ2) is 11.4. The summed E-state index contributed by atoms with van der Waals surface area (Å²) < 4.78 is 25.8. The van der Waals surface area contributed by atoms with Crippen molar-refractivity contribution in [2.45, 2.75) is 13.1 Å². The van der Waals surface area contributed by atoms with Crippen LogP contribution in [0.5, 0.6) is 0 Å². The predicted molar refractivity (Wildman–Crippen MR) is 121 cm³/mol. The standard InChI is InChI=1S/C26H22F2N2O2/c27-23-10-4-19(5-11-23)8-14-25(31)29-17-21-2-1-3-22(16-21)18-30-26(32)15-9-20-6-12-24(28)13-7-20/h1-16H,17-18H2,(H,29,31)(H,30,32)/b14-8-,15-9-. The molecule has 0 heterocycles. The third kappa shape index (κ3) is 7.65. The third-order valence-corrected chi connectivity index (χ3v) is 4.52. The van der Waals surface area contributed by atoms with E-state index in [-0.39, 0.29) is 23.4 Å². The van der Waals surface area contributed by atoms with Gasteiger partial charge in [-0.3, -0.25) is 9.59 Å². The van der Waals surface area contributed by atoms with Crippen LogP contribution in [0.25, 0.3) is 12.2 Å². The molecular formula is C26H22F2N2O2. The molecule has 32 heavy (non-hydrogen) atoms. The summed E-state index contributed by atoms with van der Waals surface area (Å²) in [6.45, 7) is 0.664. The zero-order valence-corrected chi connectivity index (χ0v) is 17.2. The Morgan fingerprint density at radius 1 is 0.656 bits per heavy atom. The average molecular weight is 432 g/mol.